The van der Waals surface area contributed by atoms with Gasteiger partial charge in [0.05, 0.1) is 19.4 Å². The minimum Gasteiger partial charge on any atom is -0.493 e. The van der Waals surface area contributed by atoms with Crippen LogP contribution in [0.4, 0.5) is 0 Å². The first kappa shape index (κ1) is 21.8. The van der Waals surface area contributed by atoms with Crippen molar-refractivity contribution in [3.05, 3.63) is 95.3 Å². The van der Waals surface area contributed by atoms with Crippen molar-refractivity contribution in [3.63, 3.8) is 0 Å². The van der Waals surface area contributed by atoms with Gasteiger partial charge in [0.25, 0.3) is 0 Å². The Kier molecular flexibility index (Phi) is 7.02. The molecule has 1 unspecified atom stereocenters. The number of aromatic nitrogens is 2. The van der Waals surface area contributed by atoms with E-state index >= 15 is 0 Å². The van der Waals surface area contributed by atoms with Crippen molar-refractivity contribution < 1.29 is 14.3 Å². The Morgan fingerprint density at radius 3 is 2.44 bits per heavy atom. The van der Waals surface area contributed by atoms with Gasteiger partial charge < -0.3 is 14.0 Å². The van der Waals surface area contributed by atoms with Crippen molar-refractivity contribution >= 4 is 17.3 Å². The molecule has 0 aliphatic carbocycles. The quantitative estimate of drug-likeness (QED) is 0.319. The number of benzene rings is 2. The third kappa shape index (κ3) is 5.26. The van der Waals surface area contributed by atoms with Crippen LogP contribution in [-0.4, -0.2) is 29.2 Å². The highest BCUT2D eigenvalue weighted by Crippen LogP contribution is 2.28. The van der Waals surface area contributed by atoms with Crippen LogP contribution in [-0.2, 0) is 22.4 Å². The normalized spacial score (nSPS) is 11.8. The number of methoxy groups -OCH3 is 1. The van der Waals surface area contributed by atoms with Crippen LogP contribution in [0.5, 0.6) is 5.75 Å². The van der Waals surface area contributed by atoms with Crippen molar-refractivity contribution in [1.29, 1.82) is 0 Å². The Morgan fingerprint density at radius 2 is 1.75 bits per heavy atom. The molecule has 0 amide bonds. The molecule has 2 aromatic heterocycles. The first-order valence-electron chi connectivity index (χ1n) is 10.6. The number of hydrogen-bond acceptors (Lipinski definition) is 5. The van der Waals surface area contributed by atoms with E-state index in [0.29, 0.717) is 13.0 Å². The zero-order chi connectivity index (χ0) is 22.3. The average Bonchev–Trinajstić information content (AvgIpc) is 3.49. The van der Waals surface area contributed by atoms with E-state index in [9.17, 15) is 4.79 Å². The molecule has 0 saturated carbocycles. The summed E-state index contributed by atoms with van der Waals surface area (Å²) in [7, 11) is 1.42. The maximum absolute atomic E-state index is 12.2. The monoisotopic (exact) mass is 446 g/mol. The van der Waals surface area contributed by atoms with Crippen molar-refractivity contribution in [1.82, 2.24) is 9.55 Å². The first-order valence-corrected chi connectivity index (χ1v) is 11.4. The van der Waals surface area contributed by atoms with Gasteiger partial charge in [-0.25, -0.2) is 9.78 Å². The molecular formula is C26H26N2O3S. The van der Waals surface area contributed by atoms with E-state index in [2.05, 4.69) is 19.1 Å². The fourth-order valence-electron chi connectivity index (χ4n) is 3.58. The van der Waals surface area contributed by atoms with Gasteiger partial charge in [0.1, 0.15) is 16.8 Å². The summed E-state index contributed by atoms with van der Waals surface area (Å²) in [4.78, 5) is 18.2. The lowest BCUT2D eigenvalue weighted by Gasteiger charge is -2.17. The third-order valence-electron chi connectivity index (χ3n) is 5.33. The number of hydrogen-bond donors (Lipinski definition) is 0. The highest BCUT2D eigenvalue weighted by Gasteiger charge is 2.20. The largest absolute Gasteiger partial charge is 0.493 e. The standard InChI is InChI=1S/C26H26N2O3S/c1-19-23(27-25(32-19)21-8-4-3-5-9-21)14-17-31-22-12-10-20(11-13-22)18-24(26(29)30-2)28-15-6-7-16-28/h3-13,15-16,24H,14,17-18H2,1-2H3. The van der Waals surface area contributed by atoms with Crippen molar-refractivity contribution in [2.45, 2.75) is 25.8 Å². The van der Waals surface area contributed by atoms with Gasteiger partial charge in [0, 0.05) is 35.7 Å². The molecule has 0 aliphatic heterocycles. The number of nitrogens with zero attached hydrogens (tertiary/aromatic N) is 2. The fourth-order valence-corrected chi connectivity index (χ4v) is 4.54. The van der Waals surface area contributed by atoms with Gasteiger partial charge in [-0.15, -0.1) is 11.3 Å². The summed E-state index contributed by atoms with van der Waals surface area (Å²) in [6.07, 6.45) is 5.07. The number of thiazole rings is 1. The molecule has 32 heavy (non-hydrogen) atoms. The predicted octanol–water partition coefficient (Wildman–Crippen LogP) is 5.50. The van der Waals surface area contributed by atoms with Crippen LogP contribution in [0.2, 0.25) is 0 Å². The second kappa shape index (κ2) is 10.3. The molecule has 0 fully saturated rings. The van der Waals surface area contributed by atoms with Crippen molar-refractivity contribution in [2.75, 3.05) is 13.7 Å². The Balaban J connectivity index is 1.33. The summed E-state index contributed by atoms with van der Waals surface area (Å²) in [5.74, 6) is 0.551. The van der Waals surface area contributed by atoms with Crippen LogP contribution < -0.4 is 4.74 Å². The molecule has 4 rings (SSSR count). The molecule has 0 saturated heterocycles. The summed E-state index contributed by atoms with van der Waals surface area (Å²) < 4.78 is 12.8. The molecule has 0 spiro atoms. The molecule has 0 bridgehead atoms. The lowest BCUT2D eigenvalue weighted by molar-refractivity contribution is -0.144. The molecule has 0 aliphatic rings. The van der Waals surface area contributed by atoms with Crippen molar-refractivity contribution in [3.8, 4) is 16.3 Å². The predicted molar refractivity (Wildman–Crippen MR) is 127 cm³/mol. The first-order chi connectivity index (χ1) is 15.6. The maximum atomic E-state index is 12.2. The minimum atomic E-state index is -0.381. The van der Waals surface area contributed by atoms with Crippen molar-refractivity contribution in [2.24, 2.45) is 0 Å². The third-order valence-corrected chi connectivity index (χ3v) is 6.40. The molecule has 164 valence electrons. The van der Waals surface area contributed by atoms with Gasteiger partial charge in [-0.2, -0.15) is 0 Å². The van der Waals surface area contributed by atoms with Gasteiger partial charge in [-0.05, 0) is 36.8 Å². The Labute approximate surface area is 192 Å². The zero-order valence-electron chi connectivity index (χ0n) is 18.2. The minimum absolute atomic E-state index is 0.255. The van der Waals surface area contributed by atoms with Gasteiger partial charge in [-0.3, -0.25) is 0 Å². The van der Waals surface area contributed by atoms with Gasteiger partial charge in [-0.1, -0.05) is 42.5 Å². The number of carbonyl (C=O) groups excluding carboxylic acids is 1. The number of esters is 1. The molecule has 0 radical (unpaired) electrons. The van der Waals surface area contributed by atoms with E-state index < -0.39 is 0 Å². The molecule has 2 heterocycles. The molecule has 1 atom stereocenters. The molecule has 5 nitrogen and oxygen atoms in total. The summed E-state index contributed by atoms with van der Waals surface area (Å²) in [5, 5.41) is 1.05. The molecular weight excluding hydrogens is 420 g/mol. The Hall–Kier alpha value is -3.38. The maximum Gasteiger partial charge on any atom is 0.329 e. The fraction of sp³-hybridized carbons (Fsp3) is 0.231. The average molecular weight is 447 g/mol. The van der Waals surface area contributed by atoms with E-state index in [1.165, 1.54) is 12.0 Å². The summed E-state index contributed by atoms with van der Waals surface area (Å²) in [6, 6.07) is 21.6. The van der Waals surface area contributed by atoms with E-state index in [1.54, 1.807) is 11.3 Å². The second-order valence-electron chi connectivity index (χ2n) is 7.50. The van der Waals surface area contributed by atoms with Gasteiger partial charge in [0.2, 0.25) is 0 Å². The van der Waals surface area contributed by atoms with Gasteiger partial charge in [0.15, 0.2) is 0 Å². The van der Waals surface area contributed by atoms with Crippen LogP contribution in [0.15, 0.2) is 79.1 Å². The summed E-state index contributed by atoms with van der Waals surface area (Å²) in [5.41, 5.74) is 3.27. The van der Waals surface area contributed by atoms with Crippen LogP contribution >= 0.6 is 11.3 Å². The Bertz CT molecular complexity index is 1140. The molecule has 6 heteroatoms. The lowest BCUT2D eigenvalue weighted by Crippen LogP contribution is -2.22. The van der Waals surface area contributed by atoms with E-state index in [4.69, 9.17) is 14.5 Å². The highest BCUT2D eigenvalue weighted by molar-refractivity contribution is 7.15. The van der Waals surface area contributed by atoms with Crippen LogP contribution in [0.25, 0.3) is 10.6 Å². The van der Waals surface area contributed by atoms with Crippen LogP contribution in [0, 0.1) is 6.92 Å². The summed E-state index contributed by atoms with van der Waals surface area (Å²) >= 11 is 1.72. The Morgan fingerprint density at radius 1 is 1.03 bits per heavy atom. The van der Waals surface area contributed by atoms with Crippen LogP contribution in [0.1, 0.15) is 22.2 Å². The highest BCUT2D eigenvalue weighted by atomic mass is 32.1. The number of rotatable bonds is 9. The molecule has 4 aromatic rings. The second-order valence-corrected chi connectivity index (χ2v) is 8.71. The lowest BCUT2D eigenvalue weighted by atomic mass is 10.1. The van der Waals surface area contributed by atoms with E-state index in [1.807, 2.05) is 71.6 Å². The number of aryl methyl sites for hydroxylation is 1. The molecule has 2 aromatic carbocycles. The SMILES string of the molecule is COC(=O)C(Cc1ccc(OCCc2nc(-c3ccccc3)sc2C)cc1)n1cccc1. The van der Waals surface area contributed by atoms with Gasteiger partial charge >= 0.3 is 5.97 Å². The summed E-state index contributed by atoms with van der Waals surface area (Å²) in [6.45, 7) is 2.67. The zero-order valence-corrected chi connectivity index (χ0v) is 19.0. The smallest absolute Gasteiger partial charge is 0.329 e. The van der Waals surface area contributed by atoms with E-state index in [0.717, 1.165) is 34.0 Å². The van der Waals surface area contributed by atoms with E-state index in [-0.39, 0.29) is 12.0 Å². The number of carbonyl (C=O) groups is 1. The number of ether oxygens (including phenoxy) is 2. The molecule has 0 N–H and O–H groups in total. The van der Waals surface area contributed by atoms with Crippen LogP contribution in [0.3, 0.4) is 0 Å². The topological polar surface area (TPSA) is 53.4 Å².